The Hall–Kier alpha value is -1.22. The number of allylic oxidation sites excluding steroid dienone is 3. The Kier molecular flexibility index (Phi) is 30.7. The average molecular weight is 822 g/mol. The number of rotatable bonds is 35. The van der Waals surface area contributed by atoms with Crippen molar-refractivity contribution in [3.8, 4) is 0 Å². The summed E-state index contributed by atoms with van der Waals surface area (Å²) in [5.41, 5.74) is 0. The van der Waals surface area contributed by atoms with Gasteiger partial charge in [-0.05, 0) is 32.1 Å². The molecule has 8 atom stereocenters. The zero-order chi connectivity index (χ0) is 41.6. The van der Waals surface area contributed by atoms with Gasteiger partial charge in [0.15, 0.2) is 0 Å². The van der Waals surface area contributed by atoms with Gasteiger partial charge in [0.2, 0.25) is 5.91 Å². The summed E-state index contributed by atoms with van der Waals surface area (Å²) >= 11 is 0. The Morgan fingerprint density at radius 3 is 1.57 bits per heavy atom. The molecule has 1 fully saturated rings. The quantitative estimate of drug-likeness (QED) is 0.0192. The lowest BCUT2D eigenvalue weighted by atomic mass is 9.85. The first kappa shape index (κ1) is 52.8. The highest BCUT2D eigenvalue weighted by Gasteiger charge is 2.51. The fourth-order valence-corrected chi connectivity index (χ4v) is 7.87. The Labute approximate surface area is 337 Å². The van der Waals surface area contributed by atoms with Crippen molar-refractivity contribution in [1.29, 1.82) is 0 Å². The van der Waals surface area contributed by atoms with E-state index in [-0.39, 0.29) is 6.42 Å². The van der Waals surface area contributed by atoms with Crippen LogP contribution in [0.15, 0.2) is 24.3 Å². The normalized spacial score (nSPS) is 24.4. The highest BCUT2D eigenvalue weighted by molar-refractivity contribution is 7.47. The minimum absolute atomic E-state index is 0.249. The maximum absolute atomic E-state index is 12.9. The molecule has 330 valence electrons. The van der Waals surface area contributed by atoms with E-state index in [1.807, 2.05) is 0 Å². The first-order chi connectivity index (χ1) is 26.8. The molecule has 8 unspecified atom stereocenters. The predicted octanol–water partition coefficient (Wildman–Crippen LogP) is 6.42. The molecule has 0 saturated heterocycles. The SMILES string of the molecule is CCCCCCCCC/C=C/CC/C=C/C(O)C(COP(=O)(O)OC1C(O)C(O)C(O)C(O)C1O)NC(=O)CC(O)CCCCCCCCCCCCCCC. The number of aliphatic hydroxyl groups is 7. The number of unbranched alkanes of at least 4 members (excludes halogenated alkanes) is 20. The molecule has 14 heteroatoms. The molecule has 0 aromatic carbocycles. The monoisotopic (exact) mass is 822 g/mol. The summed E-state index contributed by atoms with van der Waals surface area (Å²) in [6.07, 6.45) is 19.9. The standard InChI is InChI=1S/C42H80NO12P/c1-3-5-7-9-11-13-15-17-19-21-23-25-27-29-33(44)31-36(46)43-34(35(45)30-28-26-24-22-20-18-16-14-12-10-8-6-4-2)32-54-56(52,53)55-42-40(50)38(48)37(47)39(49)41(42)51/h20,22,28,30,33-35,37-42,44-45,47-51H,3-19,21,23-27,29,31-32H2,1-2H3,(H,43,46)(H,52,53)/b22-20+,30-28+. The number of hydrogen-bond donors (Lipinski definition) is 9. The minimum Gasteiger partial charge on any atom is -0.393 e. The maximum Gasteiger partial charge on any atom is 0.472 e. The molecule has 1 amide bonds. The van der Waals surface area contributed by atoms with Crippen molar-refractivity contribution < 1.29 is 59.0 Å². The van der Waals surface area contributed by atoms with Crippen molar-refractivity contribution >= 4 is 13.7 Å². The first-order valence-corrected chi connectivity index (χ1v) is 23.4. The third kappa shape index (κ3) is 24.6. The summed E-state index contributed by atoms with van der Waals surface area (Å²) in [6, 6.07) is -1.25. The van der Waals surface area contributed by atoms with Crippen LogP contribution in [0.25, 0.3) is 0 Å². The highest BCUT2D eigenvalue weighted by Crippen LogP contribution is 2.47. The molecule has 1 saturated carbocycles. The van der Waals surface area contributed by atoms with Crippen LogP contribution in [0, 0.1) is 0 Å². The Balaban J connectivity index is 2.62. The van der Waals surface area contributed by atoms with Gasteiger partial charge in [-0.15, -0.1) is 0 Å². The number of hydrogen-bond acceptors (Lipinski definition) is 11. The van der Waals surface area contributed by atoms with Crippen LogP contribution in [0.3, 0.4) is 0 Å². The molecule has 1 rings (SSSR count). The summed E-state index contributed by atoms with van der Waals surface area (Å²) in [6.45, 7) is 3.69. The predicted molar refractivity (Wildman–Crippen MR) is 220 cm³/mol. The van der Waals surface area contributed by atoms with Gasteiger partial charge in [-0.25, -0.2) is 4.57 Å². The number of carbonyl (C=O) groups is 1. The molecule has 13 nitrogen and oxygen atoms in total. The molecule has 0 aliphatic heterocycles. The van der Waals surface area contributed by atoms with Gasteiger partial charge in [0, 0.05) is 0 Å². The van der Waals surface area contributed by atoms with E-state index in [1.165, 1.54) is 102 Å². The van der Waals surface area contributed by atoms with E-state index < -0.39 is 75.2 Å². The van der Waals surface area contributed by atoms with Crippen LogP contribution in [0.5, 0.6) is 0 Å². The Morgan fingerprint density at radius 1 is 0.625 bits per heavy atom. The second kappa shape index (κ2) is 32.6. The molecule has 0 aromatic heterocycles. The van der Waals surface area contributed by atoms with Gasteiger partial charge in [-0.1, -0.05) is 160 Å². The molecule has 0 aromatic rings. The van der Waals surface area contributed by atoms with E-state index in [2.05, 4.69) is 31.3 Å². The Morgan fingerprint density at radius 2 is 1.05 bits per heavy atom. The highest BCUT2D eigenvalue weighted by atomic mass is 31.2. The Bertz CT molecular complexity index is 1060. The fraction of sp³-hybridized carbons (Fsp3) is 0.881. The van der Waals surface area contributed by atoms with E-state index in [0.29, 0.717) is 12.8 Å². The maximum atomic E-state index is 12.9. The molecular formula is C42H80NO12P. The zero-order valence-corrected chi connectivity index (χ0v) is 35.4. The summed E-state index contributed by atoms with van der Waals surface area (Å²) < 4.78 is 22.8. The number of carbonyl (C=O) groups excluding carboxylic acids is 1. The van der Waals surface area contributed by atoms with Crippen molar-refractivity contribution in [2.45, 2.75) is 229 Å². The number of nitrogens with one attached hydrogen (secondary N) is 1. The molecule has 1 aliphatic rings. The van der Waals surface area contributed by atoms with Gasteiger partial charge < -0.3 is 46.0 Å². The topological polar surface area (TPSA) is 226 Å². The third-order valence-corrected chi connectivity index (χ3v) is 11.5. The third-order valence-electron chi connectivity index (χ3n) is 10.5. The second-order valence-electron chi connectivity index (χ2n) is 15.7. The van der Waals surface area contributed by atoms with E-state index in [0.717, 1.165) is 44.9 Å². The molecular weight excluding hydrogens is 741 g/mol. The van der Waals surface area contributed by atoms with Crippen LogP contribution in [0.4, 0.5) is 0 Å². The van der Waals surface area contributed by atoms with Gasteiger partial charge in [-0.2, -0.15) is 0 Å². The van der Waals surface area contributed by atoms with Crippen molar-refractivity contribution in [3.05, 3.63) is 24.3 Å². The van der Waals surface area contributed by atoms with Crippen LogP contribution >= 0.6 is 7.82 Å². The molecule has 0 heterocycles. The fourth-order valence-electron chi connectivity index (χ4n) is 6.90. The van der Waals surface area contributed by atoms with E-state index in [1.54, 1.807) is 6.08 Å². The van der Waals surface area contributed by atoms with Crippen molar-refractivity contribution in [1.82, 2.24) is 5.32 Å². The van der Waals surface area contributed by atoms with E-state index >= 15 is 0 Å². The van der Waals surface area contributed by atoms with Gasteiger partial charge in [0.25, 0.3) is 0 Å². The molecule has 0 radical (unpaired) electrons. The van der Waals surface area contributed by atoms with Gasteiger partial charge in [-0.3, -0.25) is 13.8 Å². The van der Waals surface area contributed by atoms with Crippen molar-refractivity contribution in [2.75, 3.05) is 6.61 Å². The van der Waals surface area contributed by atoms with Gasteiger partial charge in [0.1, 0.15) is 36.6 Å². The second-order valence-corrected chi connectivity index (χ2v) is 17.1. The van der Waals surface area contributed by atoms with Crippen LogP contribution in [0.1, 0.15) is 174 Å². The zero-order valence-electron chi connectivity index (χ0n) is 34.5. The van der Waals surface area contributed by atoms with Crippen LogP contribution in [-0.2, 0) is 18.4 Å². The van der Waals surface area contributed by atoms with Crippen LogP contribution in [0.2, 0.25) is 0 Å². The molecule has 56 heavy (non-hydrogen) atoms. The molecule has 9 N–H and O–H groups in total. The van der Waals surface area contributed by atoms with Gasteiger partial charge in [0.05, 0.1) is 31.3 Å². The lowest BCUT2D eigenvalue weighted by Crippen LogP contribution is -2.64. The number of phosphoric acid groups is 1. The smallest absolute Gasteiger partial charge is 0.393 e. The average Bonchev–Trinajstić information content (AvgIpc) is 3.17. The lowest BCUT2D eigenvalue weighted by molar-refractivity contribution is -0.220. The molecule has 1 aliphatic carbocycles. The van der Waals surface area contributed by atoms with Crippen molar-refractivity contribution in [3.63, 3.8) is 0 Å². The van der Waals surface area contributed by atoms with Crippen LogP contribution in [-0.4, -0.2) is 108 Å². The summed E-state index contributed by atoms with van der Waals surface area (Å²) in [5, 5.41) is 74.2. The number of aliphatic hydroxyl groups excluding tert-OH is 7. The van der Waals surface area contributed by atoms with Crippen LogP contribution < -0.4 is 5.32 Å². The van der Waals surface area contributed by atoms with E-state index in [9.17, 15) is 50.0 Å². The molecule has 0 bridgehead atoms. The summed E-state index contributed by atoms with van der Waals surface area (Å²) in [4.78, 5) is 23.3. The first-order valence-electron chi connectivity index (χ1n) is 21.9. The number of phosphoric ester groups is 1. The molecule has 0 spiro atoms. The largest absolute Gasteiger partial charge is 0.472 e. The van der Waals surface area contributed by atoms with Crippen molar-refractivity contribution in [2.24, 2.45) is 0 Å². The minimum atomic E-state index is -5.14. The van der Waals surface area contributed by atoms with E-state index in [4.69, 9.17) is 9.05 Å². The summed E-state index contributed by atoms with van der Waals surface area (Å²) in [5.74, 6) is -0.603. The van der Waals surface area contributed by atoms with Gasteiger partial charge >= 0.3 is 7.82 Å². The lowest BCUT2D eigenvalue weighted by Gasteiger charge is -2.41. The number of amides is 1. The summed E-state index contributed by atoms with van der Waals surface area (Å²) in [7, 11) is -5.14.